The number of benzene rings is 2. The van der Waals surface area contributed by atoms with Crippen molar-refractivity contribution in [3.05, 3.63) is 59.9 Å². The summed E-state index contributed by atoms with van der Waals surface area (Å²) in [5, 5.41) is 1.67. The molecular weight excluding hydrogens is 330 g/mol. The molecule has 3 aromatic rings. The second-order valence-electron chi connectivity index (χ2n) is 6.22. The molecular formula is C20H19N3OS. The smallest absolute Gasteiger partial charge is 0.240 e. The van der Waals surface area contributed by atoms with E-state index in [0.29, 0.717) is 0 Å². The largest absolute Gasteiger partial charge is 0.311 e. The summed E-state index contributed by atoms with van der Waals surface area (Å²) in [5.41, 5.74) is 3.21. The van der Waals surface area contributed by atoms with Crippen LogP contribution >= 0.6 is 11.8 Å². The fraction of sp³-hybridized carbons (Fsp3) is 0.250. The Morgan fingerprint density at radius 1 is 1.12 bits per heavy atom. The minimum atomic E-state index is -0.205. The van der Waals surface area contributed by atoms with Crippen LogP contribution in [0.2, 0.25) is 0 Å². The van der Waals surface area contributed by atoms with E-state index in [-0.39, 0.29) is 11.2 Å². The van der Waals surface area contributed by atoms with Crippen LogP contribution in [0.4, 0.5) is 5.69 Å². The molecule has 4 nitrogen and oxygen atoms in total. The molecule has 1 aliphatic heterocycles. The molecule has 1 aromatic heterocycles. The molecule has 1 aliphatic rings. The van der Waals surface area contributed by atoms with Gasteiger partial charge in [-0.05, 0) is 38.0 Å². The number of anilines is 1. The average molecular weight is 349 g/mol. The van der Waals surface area contributed by atoms with Crippen molar-refractivity contribution >= 4 is 34.3 Å². The Morgan fingerprint density at radius 2 is 1.88 bits per heavy atom. The Hall–Kier alpha value is -2.40. The van der Waals surface area contributed by atoms with Gasteiger partial charge in [0, 0.05) is 17.6 Å². The lowest BCUT2D eigenvalue weighted by Crippen LogP contribution is -2.35. The quantitative estimate of drug-likeness (QED) is 0.529. The maximum absolute atomic E-state index is 13.0. The summed E-state index contributed by atoms with van der Waals surface area (Å²) in [6, 6.07) is 16.1. The van der Waals surface area contributed by atoms with E-state index in [1.807, 2.05) is 61.2 Å². The van der Waals surface area contributed by atoms with Crippen molar-refractivity contribution in [3.63, 3.8) is 0 Å². The maximum atomic E-state index is 13.0. The fourth-order valence-corrected chi connectivity index (χ4v) is 4.30. The van der Waals surface area contributed by atoms with E-state index in [1.54, 1.807) is 0 Å². The van der Waals surface area contributed by atoms with Crippen LogP contribution in [0, 0.1) is 6.92 Å². The zero-order valence-electron chi connectivity index (χ0n) is 14.3. The minimum absolute atomic E-state index is 0.135. The van der Waals surface area contributed by atoms with Crippen LogP contribution in [-0.2, 0) is 11.2 Å². The first-order valence-electron chi connectivity index (χ1n) is 8.43. The third-order valence-electron chi connectivity index (χ3n) is 4.47. The molecule has 0 spiro atoms. The summed E-state index contributed by atoms with van der Waals surface area (Å²) in [6.45, 7) is 4.60. The number of rotatable bonds is 3. The molecule has 0 fully saturated rings. The zero-order valence-corrected chi connectivity index (χ0v) is 15.1. The molecule has 0 radical (unpaired) electrons. The molecule has 2 heterocycles. The highest BCUT2D eigenvalue weighted by Gasteiger charge is 2.28. The molecule has 4 rings (SSSR count). The van der Waals surface area contributed by atoms with E-state index >= 15 is 0 Å². The fourth-order valence-electron chi connectivity index (χ4n) is 3.25. The third kappa shape index (κ3) is 3.00. The number of fused-ring (bicyclic) bond motifs is 2. The molecule has 1 atom stereocenters. The highest BCUT2D eigenvalue weighted by Crippen LogP contribution is 2.33. The number of carbonyl (C=O) groups is 1. The molecule has 1 amide bonds. The second kappa shape index (κ2) is 6.48. The Balaban J connectivity index is 1.61. The second-order valence-corrected chi connectivity index (χ2v) is 7.55. The third-order valence-corrected chi connectivity index (χ3v) is 5.56. The predicted octanol–water partition coefficient (Wildman–Crippen LogP) is 4.01. The normalized spacial score (nSPS) is 14.6. The van der Waals surface area contributed by atoms with Crippen molar-refractivity contribution in [2.75, 3.05) is 11.4 Å². The van der Waals surface area contributed by atoms with Gasteiger partial charge >= 0.3 is 0 Å². The number of hydrogen-bond donors (Lipinski definition) is 0. The van der Waals surface area contributed by atoms with E-state index in [0.717, 1.165) is 40.4 Å². The molecule has 2 aromatic carbocycles. The van der Waals surface area contributed by atoms with Gasteiger partial charge in [0.05, 0.1) is 10.8 Å². The lowest BCUT2D eigenvalue weighted by Gasteiger charge is -2.21. The van der Waals surface area contributed by atoms with Crippen LogP contribution in [0.15, 0.2) is 53.6 Å². The molecule has 0 N–H and O–H groups in total. The highest BCUT2D eigenvalue weighted by molar-refractivity contribution is 8.00. The Bertz CT molecular complexity index is 957. The van der Waals surface area contributed by atoms with E-state index in [4.69, 9.17) is 0 Å². The number of amides is 1. The lowest BCUT2D eigenvalue weighted by molar-refractivity contribution is -0.117. The SMILES string of the molecule is Cc1nc(S[C@@H](C)C(=O)N2CCc3ccccc32)c2ccccc2n1. The molecule has 0 aliphatic carbocycles. The molecule has 0 saturated carbocycles. The number of para-hydroxylation sites is 2. The van der Waals surface area contributed by atoms with Gasteiger partial charge in [0.25, 0.3) is 0 Å². The van der Waals surface area contributed by atoms with Crippen LogP contribution in [0.1, 0.15) is 18.3 Å². The first-order valence-corrected chi connectivity index (χ1v) is 9.31. The highest BCUT2D eigenvalue weighted by atomic mass is 32.2. The van der Waals surface area contributed by atoms with Crippen LogP contribution in [0.5, 0.6) is 0 Å². The van der Waals surface area contributed by atoms with Crippen molar-refractivity contribution in [2.45, 2.75) is 30.5 Å². The maximum Gasteiger partial charge on any atom is 0.240 e. The number of nitrogens with zero attached hydrogens (tertiary/aromatic N) is 3. The molecule has 25 heavy (non-hydrogen) atoms. The summed E-state index contributed by atoms with van der Waals surface area (Å²) in [6.07, 6.45) is 0.925. The standard InChI is InChI=1S/C20H19N3OS/c1-13(20(24)23-12-11-15-7-3-6-10-18(15)23)25-19-16-8-4-5-9-17(16)21-14(2)22-19/h3-10,13H,11-12H2,1-2H3/t13-/m0/s1. The Labute approximate surface area is 151 Å². The van der Waals surface area contributed by atoms with Crippen LogP contribution in [-0.4, -0.2) is 27.7 Å². The Kier molecular flexibility index (Phi) is 4.17. The lowest BCUT2D eigenvalue weighted by atomic mass is 10.2. The number of aryl methyl sites for hydroxylation is 1. The van der Waals surface area contributed by atoms with Crippen molar-refractivity contribution in [2.24, 2.45) is 0 Å². The van der Waals surface area contributed by atoms with Gasteiger partial charge in [-0.2, -0.15) is 0 Å². The van der Waals surface area contributed by atoms with Crippen molar-refractivity contribution < 1.29 is 4.79 Å². The van der Waals surface area contributed by atoms with Crippen molar-refractivity contribution in [3.8, 4) is 0 Å². The van der Waals surface area contributed by atoms with Gasteiger partial charge in [-0.3, -0.25) is 4.79 Å². The van der Waals surface area contributed by atoms with E-state index in [9.17, 15) is 4.79 Å². The average Bonchev–Trinajstić information content (AvgIpc) is 3.05. The van der Waals surface area contributed by atoms with Gasteiger partial charge in [0.2, 0.25) is 5.91 Å². The topological polar surface area (TPSA) is 46.1 Å². The van der Waals surface area contributed by atoms with E-state index < -0.39 is 0 Å². The van der Waals surface area contributed by atoms with Crippen LogP contribution in [0.3, 0.4) is 0 Å². The monoisotopic (exact) mass is 349 g/mol. The predicted molar refractivity (Wildman–Crippen MR) is 102 cm³/mol. The van der Waals surface area contributed by atoms with Gasteiger partial charge in [0.1, 0.15) is 10.9 Å². The molecule has 126 valence electrons. The summed E-state index contributed by atoms with van der Waals surface area (Å²) in [7, 11) is 0. The van der Waals surface area contributed by atoms with E-state index in [2.05, 4.69) is 16.0 Å². The minimum Gasteiger partial charge on any atom is -0.311 e. The van der Waals surface area contributed by atoms with Gasteiger partial charge in [-0.1, -0.05) is 48.2 Å². The van der Waals surface area contributed by atoms with Crippen molar-refractivity contribution in [1.29, 1.82) is 0 Å². The van der Waals surface area contributed by atoms with Gasteiger partial charge in [-0.25, -0.2) is 9.97 Å². The summed E-state index contributed by atoms with van der Waals surface area (Å²) in [5.74, 6) is 0.864. The van der Waals surface area contributed by atoms with E-state index in [1.165, 1.54) is 17.3 Å². The van der Waals surface area contributed by atoms with Gasteiger partial charge < -0.3 is 4.90 Å². The molecule has 0 bridgehead atoms. The first kappa shape index (κ1) is 16.1. The molecule has 0 unspecified atom stereocenters. The van der Waals surface area contributed by atoms with Gasteiger partial charge in [0.15, 0.2) is 0 Å². The van der Waals surface area contributed by atoms with Crippen molar-refractivity contribution in [1.82, 2.24) is 9.97 Å². The number of carbonyl (C=O) groups excluding carboxylic acids is 1. The molecule has 5 heteroatoms. The number of thioether (sulfide) groups is 1. The summed E-state index contributed by atoms with van der Waals surface area (Å²) >= 11 is 1.51. The number of hydrogen-bond acceptors (Lipinski definition) is 4. The first-order chi connectivity index (χ1) is 12.1. The van der Waals surface area contributed by atoms with Crippen LogP contribution < -0.4 is 4.90 Å². The summed E-state index contributed by atoms with van der Waals surface area (Å²) in [4.78, 5) is 24.0. The number of aromatic nitrogens is 2. The summed E-state index contributed by atoms with van der Waals surface area (Å²) < 4.78 is 0. The molecule has 0 saturated heterocycles. The Morgan fingerprint density at radius 3 is 2.76 bits per heavy atom. The van der Waals surface area contributed by atoms with Gasteiger partial charge in [-0.15, -0.1) is 0 Å². The zero-order chi connectivity index (χ0) is 17.4. The van der Waals surface area contributed by atoms with Crippen LogP contribution in [0.25, 0.3) is 10.9 Å².